The normalized spacial score (nSPS) is 16.6. The Kier molecular flexibility index (Phi) is 6.74. The van der Waals surface area contributed by atoms with Crippen LogP contribution in [-0.2, 0) is 6.42 Å². The number of fused-ring (bicyclic) bond motifs is 1. The van der Waals surface area contributed by atoms with Gasteiger partial charge in [0.2, 0.25) is 0 Å². The van der Waals surface area contributed by atoms with Crippen LogP contribution in [0, 0.1) is 12.8 Å². The molecule has 0 amide bonds. The molecule has 0 radical (unpaired) electrons. The van der Waals surface area contributed by atoms with Crippen LogP contribution in [0.1, 0.15) is 60.2 Å². The number of allylic oxidation sites excluding steroid dienone is 4. The number of ether oxygens (including phenoxy) is 1. The number of aryl methyl sites for hydroxylation is 1. The fourth-order valence-electron chi connectivity index (χ4n) is 4.05. The first-order chi connectivity index (χ1) is 14.7. The predicted molar refractivity (Wildman–Crippen MR) is 121 cm³/mol. The third kappa shape index (κ3) is 4.93. The van der Waals surface area contributed by atoms with Crippen molar-refractivity contribution >= 4 is 5.78 Å². The predicted octanol–water partition coefficient (Wildman–Crippen LogP) is 5.56. The summed E-state index contributed by atoms with van der Waals surface area (Å²) < 4.78 is 5.78. The first-order valence-electron chi connectivity index (χ1n) is 10.5. The van der Waals surface area contributed by atoms with E-state index >= 15 is 0 Å². The molecular weight excluding hydrogens is 392 g/mol. The lowest BCUT2D eigenvalue weighted by Gasteiger charge is -2.27. The Morgan fingerprint density at radius 2 is 1.94 bits per heavy atom. The monoisotopic (exact) mass is 422 g/mol. The molecule has 31 heavy (non-hydrogen) atoms. The van der Waals surface area contributed by atoms with Crippen LogP contribution in [0.3, 0.4) is 0 Å². The third-order valence-electron chi connectivity index (χ3n) is 5.56. The summed E-state index contributed by atoms with van der Waals surface area (Å²) in [6.07, 6.45) is 7.75. The van der Waals surface area contributed by atoms with Gasteiger partial charge in [-0.1, -0.05) is 36.8 Å². The number of rotatable bonds is 6. The number of benzene rings is 2. The molecule has 0 saturated heterocycles. The van der Waals surface area contributed by atoms with Crippen LogP contribution >= 0.6 is 0 Å². The molecule has 1 heterocycles. The smallest absolute Gasteiger partial charge is 0.181 e. The van der Waals surface area contributed by atoms with E-state index < -0.39 is 5.92 Å². The van der Waals surface area contributed by atoms with Gasteiger partial charge in [-0.3, -0.25) is 4.79 Å². The summed E-state index contributed by atoms with van der Waals surface area (Å²) in [7, 11) is 0. The van der Waals surface area contributed by atoms with Crippen molar-refractivity contribution in [3.05, 3.63) is 70.3 Å². The van der Waals surface area contributed by atoms with E-state index in [0.29, 0.717) is 29.2 Å². The Labute approximate surface area is 183 Å². The molecule has 0 saturated carbocycles. The van der Waals surface area contributed by atoms with Crippen LogP contribution in [0.4, 0.5) is 0 Å². The summed E-state index contributed by atoms with van der Waals surface area (Å²) in [6.45, 7) is 8.27. The van der Waals surface area contributed by atoms with E-state index in [1.807, 2.05) is 13.0 Å². The van der Waals surface area contributed by atoms with Crippen molar-refractivity contribution in [2.45, 2.75) is 46.5 Å². The van der Waals surface area contributed by atoms with Gasteiger partial charge in [0.25, 0.3) is 0 Å². The van der Waals surface area contributed by atoms with E-state index in [1.165, 1.54) is 23.8 Å². The number of Topliss-reactive ketones (excluding diaryl/α,β-unsaturated/α-hetero) is 1. The number of aromatic hydroxyl groups is 3. The van der Waals surface area contributed by atoms with E-state index in [1.54, 1.807) is 6.07 Å². The lowest BCUT2D eigenvalue weighted by Crippen LogP contribution is -2.26. The molecule has 0 aromatic heterocycles. The zero-order chi connectivity index (χ0) is 22.7. The van der Waals surface area contributed by atoms with Crippen LogP contribution in [0.25, 0.3) is 0 Å². The Hall–Kier alpha value is -3.21. The number of carbonyl (C=O) groups is 1. The lowest BCUT2D eigenvalue weighted by molar-refractivity contribution is 0.0889. The van der Waals surface area contributed by atoms with Gasteiger partial charge in [-0.05, 0) is 57.2 Å². The largest absolute Gasteiger partial charge is 0.508 e. The van der Waals surface area contributed by atoms with Gasteiger partial charge in [0.05, 0.1) is 5.92 Å². The fraction of sp³-hybridized carbons (Fsp3) is 0.346. The van der Waals surface area contributed by atoms with Gasteiger partial charge in [-0.2, -0.15) is 0 Å². The fourth-order valence-corrected chi connectivity index (χ4v) is 4.05. The summed E-state index contributed by atoms with van der Waals surface area (Å²) in [5.41, 5.74) is 3.35. The highest BCUT2D eigenvalue weighted by atomic mass is 16.5. The molecule has 1 aliphatic rings. The standard InChI is InChI=1S/C26H30O5/c1-15(2)11-16(3)7-5-6-8-19-17(4)12-23-24(25(19)29)26(30)21(14-31-23)20-10-9-18(27)13-22(20)28/h5-6,9-13,16,21,27-29H,7-8,14H2,1-4H3. The highest BCUT2D eigenvalue weighted by Gasteiger charge is 2.35. The van der Waals surface area contributed by atoms with Crippen molar-refractivity contribution in [3.63, 3.8) is 0 Å². The minimum Gasteiger partial charge on any atom is -0.508 e. The molecule has 1 aliphatic heterocycles. The van der Waals surface area contributed by atoms with E-state index in [2.05, 4.69) is 32.9 Å². The second-order valence-corrected chi connectivity index (χ2v) is 8.50. The van der Waals surface area contributed by atoms with Crippen LogP contribution in [-0.4, -0.2) is 27.7 Å². The van der Waals surface area contributed by atoms with Crippen molar-refractivity contribution in [1.82, 2.24) is 0 Å². The minimum atomic E-state index is -0.755. The zero-order valence-corrected chi connectivity index (χ0v) is 18.5. The van der Waals surface area contributed by atoms with E-state index in [9.17, 15) is 20.1 Å². The maximum absolute atomic E-state index is 13.2. The number of hydrogen-bond acceptors (Lipinski definition) is 5. The molecule has 0 aliphatic carbocycles. The van der Waals surface area contributed by atoms with Gasteiger partial charge in [0.15, 0.2) is 5.78 Å². The van der Waals surface area contributed by atoms with Gasteiger partial charge in [-0.25, -0.2) is 0 Å². The SMILES string of the molecule is CC(C)=CC(C)CC=CCc1c(C)cc2c(c1O)C(=O)C(c1ccc(O)cc1O)CO2. The molecule has 164 valence electrons. The van der Waals surface area contributed by atoms with E-state index in [-0.39, 0.29) is 35.2 Å². The summed E-state index contributed by atoms with van der Waals surface area (Å²) in [5, 5.41) is 30.6. The molecule has 3 N–H and O–H groups in total. The Bertz CT molecular complexity index is 1040. The number of carbonyl (C=O) groups excluding carboxylic acids is 1. The molecule has 3 rings (SSSR count). The molecule has 0 fully saturated rings. The van der Waals surface area contributed by atoms with Gasteiger partial charge < -0.3 is 20.1 Å². The average molecular weight is 423 g/mol. The lowest BCUT2D eigenvalue weighted by atomic mass is 9.86. The maximum atomic E-state index is 13.2. The first kappa shape index (κ1) is 22.5. The molecule has 5 nitrogen and oxygen atoms in total. The summed E-state index contributed by atoms with van der Waals surface area (Å²) in [6, 6.07) is 5.90. The van der Waals surface area contributed by atoms with Gasteiger partial charge in [0.1, 0.15) is 35.2 Å². The number of ketones is 1. The number of phenolic OH excluding ortho intramolecular Hbond substituents is 3. The van der Waals surface area contributed by atoms with Crippen LogP contribution < -0.4 is 4.74 Å². The molecule has 0 spiro atoms. The molecular formula is C26H30O5. The summed E-state index contributed by atoms with van der Waals surface area (Å²) in [5.74, 6) is -0.585. The van der Waals surface area contributed by atoms with Crippen molar-refractivity contribution < 1.29 is 24.9 Å². The Morgan fingerprint density at radius 3 is 2.61 bits per heavy atom. The van der Waals surface area contributed by atoms with E-state index in [0.717, 1.165) is 12.0 Å². The van der Waals surface area contributed by atoms with Crippen LogP contribution in [0.2, 0.25) is 0 Å². The second-order valence-electron chi connectivity index (χ2n) is 8.50. The van der Waals surface area contributed by atoms with Crippen molar-refractivity contribution in [1.29, 1.82) is 0 Å². The molecule has 2 aromatic rings. The quantitative estimate of drug-likeness (QED) is 0.531. The van der Waals surface area contributed by atoms with Crippen molar-refractivity contribution in [3.8, 4) is 23.0 Å². The van der Waals surface area contributed by atoms with Gasteiger partial charge >= 0.3 is 0 Å². The molecule has 0 bridgehead atoms. The third-order valence-corrected chi connectivity index (χ3v) is 5.56. The first-order valence-corrected chi connectivity index (χ1v) is 10.5. The molecule has 2 aromatic carbocycles. The van der Waals surface area contributed by atoms with Crippen LogP contribution in [0.15, 0.2) is 48.1 Å². The number of phenols is 3. The molecule has 2 unspecified atom stereocenters. The highest BCUT2D eigenvalue weighted by molar-refractivity contribution is 6.07. The highest BCUT2D eigenvalue weighted by Crippen LogP contribution is 2.43. The van der Waals surface area contributed by atoms with Crippen molar-refractivity contribution in [2.24, 2.45) is 5.92 Å². The van der Waals surface area contributed by atoms with Gasteiger partial charge in [0, 0.05) is 17.2 Å². The van der Waals surface area contributed by atoms with Crippen molar-refractivity contribution in [2.75, 3.05) is 6.61 Å². The van der Waals surface area contributed by atoms with Gasteiger partial charge in [-0.15, -0.1) is 0 Å². The topological polar surface area (TPSA) is 87.0 Å². The maximum Gasteiger partial charge on any atom is 0.181 e. The Morgan fingerprint density at radius 1 is 1.19 bits per heavy atom. The summed E-state index contributed by atoms with van der Waals surface area (Å²) >= 11 is 0. The minimum absolute atomic E-state index is 0.0601. The summed E-state index contributed by atoms with van der Waals surface area (Å²) in [4.78, 5) is 13.2. The zero-order valence-electron chi connectivity index (χ0n) is 18.5. The second kappa shape index (κ2) is 9.29. The number of hydrogen-bond donors (Lipinski definition) is 3. The van der Waals surface area contributed by atoms with Crippen LogP contribution in [0.5, 0.6) is 23.0 Å². The molecule has 2 atom stereocenters. The average Bonchev–Trinajstić information content (AvgIpc) is 2.67. The van der Waals surface area contributed by atoms with E-state index in [4.69, 9.17) is 4.74 Å². The Balaban J connectivity index is 1.86. The molecule has 5 heteroatoms.